The van der Waals surface area contributed by atoms with E-state index in [9.17, 15) is 4.79 Å². The Morgan fingerprint density at radius 2 is 2.08 bits per heavy atom. The lowest BCUT2D eigenvalue weighted by atomic mass is 9.56. The van der Waals surface area contributed by atoms with E-state index in [2.05, 4.69) is 24.1 Å². The number of fused-ring (bicyclic) bond motifs is 2. The first-order chi connectivity index (χ1) is 11.6. The maximum atomic E-state index is 12.4. The van der Waals surface area contributed by atoms with Gasteiger partial charge in [-0.1, -0.05) is 0 Å². The first kappa shape index (κ1) is 14.5. The Morgan fingerprint density at radius 3 is 2.88 bits per heavy atom. The molecule has 2 aliphatic heterocycles. The van der Waals surface area contributed by atoms with Crippen LogP contribution in [0.2, 0.25) is 0 Å². The third kappa shape index (κ3) is 1.74. The van der Waals surface area contributed by atoms with Crippen molar-refractivity contribution in [2.45, 2.75) is 36.8 Å². The molecule has 3 unspecified atom stereocenters. The van der Waals surface area contributed by atoms with E-state index in [4.69, 9.17) is 14.2 Å². The fraction of sp³-hybridized carbons (Fsp3) is 0.526. The zero-order valence-electron chi connectivity index (χ0n) is 14.0. The maximum Gasteiger partial charge on any atom is 0.231 e. The molecule has 2 aliphatic carbocycles. The highest BCUT2D eigenvalue weighted by Gasteiger charge is 2.53. The monoisotopic (exact) mass is 327 g/mol. The quantitative estimate of drug-likeness (QED) is 0.787. The molecule has 2 heterocycles. The van der Waals surface area contributed by atoms with Crippen molar-refractivity contribution < 1.29 is 19.0 Å². The second kappa shape index (κ2) is 4.83. The van der Waals surface area contributed by atoms with Crippen molar-refractivity contribution in [2.75, 3.05) is 27.5 Å². The lowest BCUT2D eigenvalue weighted by Crippen LogP contribution is -2.57. The van der Waals surface area contributed by atoms with Gasteiger partial charge in [-0.25, -0.2) is 0 Å². The first-order valence-electron chi connectivity index (χ1n) is 8.54. The van der Waals surface area contributed by atoms with Crippen molar-refractivity contribution in [1.29, 1.82) is 0 Å². The Balaban J connectivity index is 1.74. The zero-order chi connectivity index (χ0) is 16.5. The Hall–Kier alpha value is -1.85. The summed E-state index contributed by atoms with van der Waals surface area (Å²) < 4.78 is 16.7. The van der Waals surface area contributed by atoms with Gasteiger partial charge in [-0.05, 0) is 67.8 Å². The standard InChI is InChI=1S/C19H21NO4/c1-20-4-3-19-9-18(22-2)15(21)7-13(19)14(20)5-11-6-16-17(8-12(11)19)24-10-23-16/h6-8,14,18H,3-5,9-10H2,1-2H3. The van der Waals surface area contributed by atoms with Gasteiger partial charge in [-0.2, -0.15) is 0 Å². The van der Waals surface area contributed by atoms with Crippen molar-refractivity contribution in [1.82, 2.24) is 4.90 Å². The summed E-state index contributed by atoms with van der Waals surface area (Å²) in [5, 5.41) is 0. The van der Waals surface area contributed by atoms with E-state index >= 15 is 0 Å². The molecule has 0 saturated carbocycles. The predicted molar refractivity (Wildman–Crippen MR) is 87.5 cm³/mol. The van der Waals surface area contributed by atoms with Crippen LogP contribution in [0, 0.1) is 0 Å². The van der Waals surface area contributed by atoms with Gasteiger partial charge in [0.05, 0.1) is 0 Å². The number of hydrogen-bond donors (Lipinski definition) is 0. The van der Waals surface area contributed by atoms with Crippen molar-refractivity contribution in [2.24, 2.45) is 0 Å². The lowest BCUT2D eigenvalue weighted by molar-refractivity contribution is -0.126. The molecule has 5 rings (SSSR count). The summed E-state index contributed by atoms with van der Waals surface area (Å²) >= 11 is 0. The summed E-state index contributed by atoms with van der Waals surface area (Å²) in [4.78, 5) is 14.8. The molecule has 0 radical (unpaired) electrons. The van der Waals surface area contributed by atoms with E-state index in [1.807, 2.05) is 6.08 Å². The van der Waals surface area contributed by atoms with Gasteiger partial charge in [-0.3, -0.25) is 9.69 Å². The van der Waals surface area contributed by atoms with Crippen LogP contribution in [-0.4, -0.2) is 50.3 Å². The molecule has 126 valence electrons. The van der Waals surface area contributed by atoms with Crippen LogP contribution >= 0.6 is 0 Å². The summed E-state index contributed by atoms with van der Waals surface area (Å²) in [6, 6.07) is 4.57. The summed E-state index contributed by atoms with van der Waals surface area (Å²) in [5.41, 5.74) is 3.77. The average molecular weight is 327 g/mol. The number of likely N-dealkylation sites (N-methyl/N-ethyl adjacent to an activating group) is 1. The van der Waals surface area contributed by atoms with Gasteiger partial charge in [0, 0.05) is 18.6 Å². The Morgan fingerprint density at radius 1 is 1.29 bits per heavy atom. The van der Waals surface area contributed by atoms with Gasteiger partial charge in [0.25, 0.3) is 0 Å². The van der Waals surface area contributed by atoms with Crippen LogP contribution in [0.5, 0.6) is 11.5 Å². The van der Waals surface area contributed by atoms with Gasteiger partial charge in [0.15, 0.2) is 17.3 Å². The number of rotatable bonds is 1. The highest BCUT2D eigenvalue weighted by Crippen LogP contribution is 2.55. The maximum absolute atomic E-state index is 12.4. The van der Waals surface area contributed by atoms with Crippen molar-refractivity contribution in [3.63, 3.8) is 0 Å². The molecule has 4 aliphatic rings. The van der Waals surface area contributed by atoms with Crippen LogP contribution in [0.4, 0.5) is 0 Å². The van der Waals surface area contributed by atoms with E-state index in [-0.39, 0.29) is 30.1 Å². The first-order valence-corrected chi connectivity index (χ1v) is 8.54. The van der Waals surface area contributed by atoms with Gasteiger partial charge in [-0.15, -0.1) is 0 Å². The normalized spacial score (nSPS) is 33.8. The molecule has 1 saturated heterocycles. The molecule has 3 atom stereocenters. The van der Waals surface area contributed by atoms with Crippen LogP contribution in [0.1, 0.15) is 24.0 Å². The number of ether oxygens (including phenoxy) is 3. The van der Waals surface area contributed by atoms with E-state index in [0.717, 1.165) is 37.3 Å². The van der Waals surface area contributed by atoms with Crippen LogP contribution in [0.3, 0.4) is 0 Å². The molecule has 0 N–H and O–H groups in total. The molecule has 2 bridgehead atoms. The molecule has 1 aromatic rings. The van der Waals surface area contributed by atoms with Crippen molar-refractivity contribution in [3.8, 4) is 11.5 Å². The minimum absolute atomic E-state index is 0.104. The molecule has 24 heavy (non-hydrogen) atoms. The molecular weight excluding hydrogens is 306 g/mol. The number of carbonyl (C=O) groups is 1. The van der Waals surface area contributed by atoms with Gasteiger partial charge < -0.3 is 14.2 Å². The lowest BCUT2D eigenvalue weighted by Gasteiger charge is -2.54. The number of methoxy groups -OCH3 is 1. The molecule has 5 heteroatoms. The van der Waals surface area contributed by atoms with E-state index in [1.54, 1.807) is 7.11 Å². The fourth-order valence-electron chi connectivity index (χ4n) is 5.01. The van der Waals surface area contributed by atoms with Gasteiger partial charge >= 0.3 is 0 Å². The summed E-state index contributed by atoms with van der Waals surface area (Å²) in [6.07, 6.45) is 4.16. The number of likely N-dealkylation sites (tertiary alicyclic amines) is 1. The molecule has 0 spiro atoms. The van der Waals surface area contributed by atoms with Crippen LogP contribution in [0.25, 0.3) is 0 Å². The van der Waals surface area contributed by atoms with Crippen LogP contribution in [0.15, 0.2) is 23.8 Å². The van der Waals surface area contributed by atoms with Crippen molar-refractivity contribution >= 4 is 5.78 Å². The fourth-order valence-corrected chi connectivity index (χ4v) is 5.01. The third-order valence-electron chi connectivity index (χ3n) is 6.30. The average Bonchev–Trinajstić information content (AvgIpc) is 3.04. The van der Waals surface area contributed by atoms with Crippen molar-refractivity contribution in [3.05, 3.63) is 34.9 Å². The smallest absolute Gasteiger partial charge is 0.231 e. The zero-order valence-corrected chi connectivity index (χ0v) is 14.0. The molecule has 5 nitrogen and oxygen atoms in total. The van der Waals surface area contributed by atoms with Crippen LogP contribution < -0.4 is 9.47 Å². The number of hydrogen-bond acceptors (Lipinski definition) is 5. The SMILES string of the molecule is COC1CC23CCN(C)C(Cc4cc5c(cc42)OCO5)C3=CC1=O. The predicted octanol–water partition coefficient (Wildman–Crippen LogP) is 1.83. The summed E-state index contributed by atoms with van der Waals surface area (Å²) in [6.45, 7) is 1.32. The number of benzene rings is 1. The van der Waals surface area contributed by atoms with E-state index in [1.165, 1.54) is 16.7 Å². The number of piperidine rings is 1. The second-order valence-electron chi connectivity index (χ2n) is 7.33. The molecular formula is C19H21NO4. The molecule has 1 fully saturated rings. The largest absolute Gasteiger partial charge is 0.454 e. The van der Waals surface area contributed by atoms with Gasteiger partial charge in [0.2, 0.25) is 6.79 Å². The molecule has 1 aromatic carbocycles. The van der Waals surface area contributed by atoms with E-state index in [0.29, 0.717) is 0 Å². The van der Waals surface area contributed by atoms with Gasteiger partial charge in [0.1, 0.15) is 6.10 Å². The Bertz CT molecular complexity index is 771. The Kier molecular flexibility index (Phi) is 2.92. The second-order valence-corrected chi connectivity index (χ2v) is 7.33. The topological polar surface area (TPSA) is 48.0 Å². The number of ketones is 1. The molecule has 0 amide bonds. The highest BCUT2D eigenvalue weighted by molar-refractivity contribution is 5.96. The summed E-state index contributed by atoms with van der Waals surface area (Å²) in [5.74, 6) is 1.77. The number of nitrogens with zero attached hydrogens (tertiary/aromatic N) is 1. The highest BCUT2D eigenvalue weighted by atomic mass is 16.7. The third-order valence-corrected chi connectivity index (χ3v) is 6.30. The minimum Gasteiger partial charge on any atom is -0.454 e. The number of carbonyl (C=O) groups excluding carboxylic acids is 1. The Labute approximate surface area is 141 Å². The van der Waals surface area contributed by atoms with Crippen LogP contribution in [-0.2, 0) is 21.4 Å². The summed E-state index contributed by atoms with van der Waals surface area (Å²) in [7, 11) is 3.79. The molecule has 0 aromatic heterocycles. The van der Waals surface area contributed by atoms with E-state index < -0.39 is 0 Å². The minimum atomic E-state index is -0.353.